The summed E-state index contributed by atoms with van der Waals surface area (Å²) in [6.45, 7) is 1.76. The number of hydrogen-bond acceptors (Lipinski definition) is 5. The zero-order chi connectivity index (χ0) is 15.1. The molecular weight excluding hydrogens is 300 g/mol. The van der Waals surface area contributed by atoms with Gasteiger partial charge in [-0.2, -0.15) is 0 Å². The number of anilines is 2. The minimum Gasteiger partial charge on any atom is -0.469 e. The number of halogens is 1. The second-order valence-corrected chi connectivity index (χ2v) is 5.95. The Labute approximate surface area is 127 Å². The second kappa shape index (κ2) is 8.01. The molecule has 0 saturated carbocycles. The van der Waals surface area contributed by atoms with Gasteiger partial charge in [0.25, 0.3) is 0 Å². The van der Waals surface area contributed by atoms with E-state index in [0.29, 0.717) is 22.2 Å². The van der Waals surface area contributed by atoms with Gasteiger partial charge in [0.15, 0.2) is 0 Å². The highest BCUT2D eigenvalue weighted by molar-refractivity contribution is 8.00. The Hall–Kier alpha value is -1.40. The molecule has 0 heterocycles. The number of rotatable bonds is 6. The third-order valence-electron chi connectivity index (χ3n) is 2.54. The number of thioether (sulfide) groups is 1. The minimum atomic E-state index is -0.307. The lowest BCUT2D eigenvalue weighted by Crippen LogP contribution is -2.23. The molecule has 1 unspecified atom stereocenters. The molecule has 7 heteroatoms. The van der Waals surface area contributed by atoms with Gasteiger partial charge in [-0.1, -0.05) is 11.6 Å². The molecule has 0 spiro atoms. The molecule has 0 radical (unpaired) electrons. The first kappa shape index (κ1) is 16.7. The lowest BCUT2D eigenvalue weighted by atomic mass is 10.2. The van der Waals surface area contributed by atoms with Gasteiger partial charge in [-0.25, -0.2) is 0 Å². The van der Waals surface area contributed by atoms with Crippen LogP contribution >= 0.6 is 23.4 Å². The number of carbonyl (C=O) groups is 2. The van der Waals surface area contributed by atoms with Gasteiger partial charge in [-0.15, -0.1) is 11.8 Å². The average molecular weight is 317 g/mol. The zero-order valence-corrected chi connectivity index (χ0v) is 12.9. The Morgan fingerprint density at radius 3 is 2.85 bits per heavy atom. The third kappa shape index (κ3) is 5.30. The van der Waals surface area contributed by atoms with E-state index >= 15 is 0 Å². The summed E-state index contributed by atoms with van der Waals surface area (Å²) in [6, 6.07) is 4.88. The zero-order valence-electron chi connectivity index (χ0n) is 11.3. The summed E-state index contributed by atoms with van der Waals surface area (Å²) in [5.41, 5.74) is 6.70. The van der Waals surface area contributed by atoms with Gasteiger partial charge in [0.2, 0.25) is 5.91 Å². The SMILES string of the molecule is COC(=O)CCSC(C)C(=O)Nc1cc(Cl)ccc1N. The van der Waals surface area contributed by atoms with Crippen LogP contribution in [0.1, 0.15) is 13.3 Å². The van der Waals surface area contributed by atoms with Crippen molar-refractivity contribution >= 4 is 46.6 Å². The number of nitrogens with one attached hydrogen (secondary N) is 1. The van der Waals surface area contributed by atoms with Gasteiger partial charge >= 0.3 is 5.97 Å². The number of carbonyl (C=O) groups excluding carboxylic acids is 2. The number of amides is 1. The third-order valence-corrected chi connectivity index (χ3v) is 3.93. The Bertz CT molecular complexity index is 497. The summed E-state index contributed by atoms with van der Waals surface area (Å²) in [4.78, 5) is 22.9. The van der Waals surface area contributed by atoms with E-state index in [4.69, 9.17) is 17.3 Å². The summed E-state index contributed by atoms with van der Waals surface area (Å²) in [7, 11) is 1.34. The fraction of sp³-hybridized carbons (Fsp3) is 0.385. The van der Waals surface area contributed by atoms with Gasteiger partial charge in [0.1, 0.15) is 0 Å². The predicted molar refractivity (Wildman–Crippen MR) is 83.0 cm³/mol. The van der Waals surface area contributed by atoms with Crippen molar-refractivity contribution in [3.05, 3.63) is 23.2 Å². The van der Waals surface area contributed by atoms with Crippen LogP contribution in [-0.2, 0) is 14.3 Å². The quantitative estimate of drug-likeness (QED) is 0.622. The molecule has 20 heavy (non-hydrogen) atoms. The first-order valence-corrected chi connectivity index (χ1v) is 7.41. The molecule has 1 aromatic rings. The van der Waals surface area contributed by atoms with E-state index in [-0.39, 0.29) is 23.5 Å². The Balaban J connectivity index is 2.49. The van der Waals surface area contributed by atoms with Crippen LogP contribution in [-0.4, -0.2) is 30.0 Å². The lowest BCUT2D eigenvalue weighted by molar-refractivity contribution is -0.140. The predicted octanol–water partition coefficient (Wildman–Crippen LogP) is 2.55. The van der Waals surface area contributed by atoms with Gasteiger partial charge in [0.05, 0.1) is 30.2 Å². The highest BCUT2D eigenvalue weighted by Gasteiger charge is 2.15. The highest BCUT2D eigenvalue weighted by Crippen LogP contribution is 2.24. The summed E-state index contributed by atoms with van der Waals surface area (Å²) in [5.74, 6) is 0.0461. The first-order chi connectivity index (χ1) is 9.43. The van der Waals surface area contributed by atoms with E-state index in [9.17, 15) is 9.59 Å². The van der Waals surface area contributed by atoms with Crippen LogP contribution in [0, 0.1) is 0 Å². The maximum Gasteiger partial charge on any atom is 0.306 e. The van der Waals surface area contributed by atoms with Crippen LogP contribution in [0.15, 0.2) is 18.2 Å². The summed E-state index contributed by atoms with van der Waals surface area (Å²) < 4.78 is 4.53. The fourth-order valence-corrected chi connectivity index (χ4v) is 2.39. The van der Waals surface area contributed by atoms with Crippen molar-refractivity contribution in [2.24, 2.45) is 0 Å². The van der Waals surface area contributed by atoms with Gasteiger partial charge in [0, 0.05) is 10.8 Å². The van der Waals surface area contributed by atoms with E-state index in [0.717, 1.165) is 0 Å². The summed E-state index contributed by atoms with van der Waals surface area (Å²) in [6.07, 6.45) is 0.276. The normalized spacial score (nSPS) is 11.8. The Kier molecular flexibility index (Phi) is 6.67. The number of esters is 1. The smallest absolute Gasteiger partial charge is 0.306 e. The second-order valence-electron chi connectivity index (χ2n) is 4.06. The maximum absolute atomic E-state index is 12.0. The van der Waals surface area contributed by atoms with Crippen molar-refractivity contribution in [2.75, 3.05) is 23.9 Å². The Morgan fingerprint density at radius 1 is 1.50 bits per heavy atom. The number of methoxy groups -OCH3 is 1. The van der Waals surface area contributed by atoms with E-state index in [1.165, 1.54) is 18.9 Å². The summed E-state index contributed by atoms with van der Waals surface area (Å²) in [5, 5.41) is 2.91. The van der Waals surface area contributed by atoms with Crippen molar-refractivity contribution in [3.63, 3.8) is 0 Å². The average Bonchev–Trinajstić information content (AvgIpc) is 2.42. The lowest BCUT2D eigenvalue weighted by Gasteiger charge is -2.13. The minimum absolute atomic E-state index is 0.186. The molecule has 110 valence electrons. The molecule has 0 fully saturated rings. The van der Waals surface area contributed by atoms with Crippen molar-refractivity contribution < 1.29 is 14.3 Å². The van der Waals surface area contributed by atoms with Crippen molar-refractivity contribution in [2.45, 2.75) is 18.6 Å². The standard InChI is InChI=1S/C13H17ClN2O3S/c1-8(20-6-5-12(17)19-2)13(18)16-11-7-9(14)3-4-10(11)15/h3-4,7-8H,5-6,15H2,1-2H3,(H,16,18). The molecular formula is C13H17ClN2O3S. The van der Waals surface area contributed by atoms with Crippen LogP contribution in [0.5, 0.6) is 0 Å². The molecule has 0 bridgehead atoms. The Morgan fingerprint density at radius 2 is 2.20 bits per heavy atom. The molecule has 3 N–H and O–H groups in total. The molecule has 0 aliphatic carbocycles. The number of ether oxygens (including phenoxy) is 1. The fourth-order valence-electron chi connectivity index (χ4n) is 1.37. The number of nitrogens with two attached hydrogens (primary N) is 1. The molecule has 1 atom stereocenters. The molecule has 0 aliphatic rings. The molecule has 1 amide bonds. The van der Waals surface area contributed by atoms with Gasteiger partial charge in [-0.3, -0.25) is 9.59 Å². The first-order valence-electron chi connectivity index (χ1n) is 5.98. The molecule has 1 aromatic carbocycles. The summed E-state index contributed by atoms with van der Waals surface area (Å²) >= 11 is 7.22. The van der Waals surface area contributed by atoms with Crippen molar-refractivity contribution in [1.29, 1.82) is 0 Å². The van der Waals surface area contributed by atoms with E-state index < -0.39 is 0 Å². The van der Waals surface area contributed by atoms with Gasteiger partial charge < -0.3 is 15.8 Å². The largest absolute Gasteiger partial charge is 0.469 e. The topological polar surface area (TPSA) is 81.4 Å². The number of benzene rings is 1. The van der Waals surface area contributed by atoms with Crippen LogP contribution in [0.25, 0.3) is 0 Å². The van der Waals surface area contributed by atoms with Crippen LogP contribution < -0.4 is 11.1 Å². The molecule has 0 aliphatic heterocycles. The van der Waals surface area contributed by atoms with E-state index in [1.54, 1.807) is 25.1 Å². The number of hydrogen-bond donors (Lipinski definition) is 2. The van der Waals surface area contributed by atoms with Crippen LogP contribution in [0.4, 0.5) is 11.4 Å². The van der Waals surface area contributed by atoms with Crippen molar-refractivity contribution in [1.82, 2.24) is 0 Å². The molecule has 0 aromatic heterocycles. The monoisotopic (exact) mass is 316 g/mol. The molecule has 5 nitrogen and oxygen atoms in total. The molecule has 1 rings (SSSR count). The van der Waals surface area contributed by atoms with Crippen LogP contribution in [0.2, 0.25) is 5.02 Å². The maximum atomic E-state index is 12.0. The number of nitrogen functional groups attached to an aromatic ring is 1. The highest BCUT2D eigenvalue weighted by atomic mass is 35.5. The van der Waals surface area contributed by atoms with Crippen molar-refractivity contribution in [3.8, 4) is 0 Å². The van der Waals surface area contributed by atoms with E-state index in [2.05, 4.69) is 10.1 Å². The van der Waals surface area contributed by atoms with Crippen LogP contribution in [0.3, 0.4) is 0 Å². The van der Waals surface area contributed by atoms with E-state index in [1.807, 2.05) is 0 Å². The molecule has 0 saturated heterocycles. The van der Waals surface area contributed by atoms with Gasteiger partial charge in [-0.05, 0) is 25.1 Å².